The smallest absolute Gasteiger partial charge is 0.290 e. The molecule has 0 bridgehead atoms. The van der Waals surface area contributed by atoms with E-state index in [4.69, 9.17) is 19.4 Å². The molecule has 2 fully saturated rings. The SMILES string of the molecule is Cc1ccc(-c2cccc(C(=O)NCC(=O)N3CC4(CC3C)OCCO4)c2)cc1.O=CO. The van der Waals surface area contributed by atoms with Gasteiger partial charge >= 0.3 is 0 Å². The van der Waals surface area contributed by atoms with Crippen molar-refractivity contribution in [3.8, 4) is 11.1 Å². The molecular formula is C24H28N2O6. The minimum absolute atomic E-state index is 0.0161. The van der Waals surface area contributed by atoms with Crippen LogP contribution in [-0.4, -0.2) is 66.4 Å². The summed E-state index contributed by atoms with van der Waals surface area (Å²) in [6.07, 6.45) is 0.658. The van der Waals surface area contributed by atoms with Crippen molar-refractivity contribution >= 4 is 18.3 Å². The number of aryl methyl sites for hydroxylation is 1. The number of amides is 2. The highest BCUT2D eigenvalue weighted by Gasteiger charge is 2.48. The molecule has 1 atom stereocenters. The Morgan fingerprint density at radius 2 is 1.81 bits per heavy atom. The molecule has 1 unspecified atom stereocenters. The first-order chi connectivity index (χ1) is 15.4. The number of nitrogens with zero attached hydrogens (tertiary/aromatic N) is 1. The van der Waals surface area contributed by atoms with Crippen molar-refractivity contribution in [3.05, 3.63) is 59.7 Å². The molecule has 2 aromatic carbocycles. The van der Waals surface area contributed by atoms with Gasteiger partial charge < -0.3 is 24.8 Å². The minimum atomic E-state index is -0.665. The van der Waals surface area contributed by atoms with Crippen molar-refractivity contribution in [1.29, 1.82) is 0 Å². The zero-order chi connectivity index (χ0) is 23.1. The van der Waals surface area contributed by atoms with Gasteiger partial charge in [0, 0.05) is 18.0 Å². The Morgan fingerprint density at radius 3 is 2.47 bits per heavy atom. The fourth-order valence-corrected chi connectivity index (χ4v) is 4.03. The van der Waals surface area contributed by atoms with Crippen molar-refractivity contribution in [1.82, 2.24) is 10.2 Å². The van der Waals surface area contributed by atoms with E-state index < -0.39 is 5.79 Å². The number of ether oxygens (including phenoxy) is 2. The minimum Gasteiger partial charge on any atom is -0.483 e. The molecule has 2 amide bonds. The second kappa shape index (κ2) is 10.4. The summed E-state index contributed by atoms with van der Waals surface area (Å²) in [4.78, 5) is 35.3. The van der Waals surface area contributed by atoms with Crippen LogP contribution in [0.4, 0.5) is 0 Å². The maximum atomic E-state index is 12.7. The Labute approximate surface area is 187 Å². The van der Waals surface area contributed by atoms with E-state index in [1.807, 2.05) is 56.3 Å². The first-order valence-corrected chi connectivity index (χ1v) is 10.5. The molecule has 0 aliphatic carbocycles. The lowest BCUT2D eigenvalue weighted by Crippen LogP contribution is -2.43. The quantitative estimate of drug-likeness (QED) is 0.708. The van der Waals surface area contributed by atoms with Crippen LogP contribution in [0.1, 0.15) is 29.3 Å². The summed E-state index contributed by atoms with van der Waals surface area (Å²) in [5.41, 5.74) is 3.74. The molecule has 2 N–H and O–H groups in total. The van der Waals surface area contributed by atoms with Gasteiger partial charge in [0.2, 0.25) is 5.91 Å². The molecule has 2 aliphatic heterocycles. The van der Waals surface area contributed by atoms with E-state index in [9.17, 15) is 9.59 Å². The van der Waals surface area contributed by atoms with Crippen molar-refractivity contribution in [2.24, 2.45) is 0 Å². The summed E-state index contributed by atoms with van der Waals surface area (Å²) in [6, 6.07) is 15.6. The predicted molar refractivity (Wildman–Crippen MR) is 118 cm³/mol. The van der Waals surface area contributed by atoms with E-state index in [-0.39, 0.29) is 30.9 Å². The van der Waals surface area contributed by atoms with Crippen molar-refractivity contribution in [3.63, 3.8) is 0 Å². The Hall–Kier alpha value is -3.23. The second-order valence-electron chi connectivity index (χ2n) is 7.92. The van der Waals surface area contributed by atoms with Crippen LogP contribution in [0, 0.1) is 6.92 Å². The van der Waals surface area contributed by atoms with Gasteiger partial charge in [-0.15, -0.1) is 0 Å². The van der Waals surface area contributed by atoms with Crippen LogP contribution in [-0.2, 0) is 19.1 Å². The van der Waals surface area contributed by atoms with Crippen molar-refractivity contribution < 1.29 is 29.0 Å². The summed E-state index contributed by atoms with van der Waals surface area (Å²) >= 11 is 0. The van der Waals surface area contributed by atoms with Crippen LogP contribution in [0.25, 0.3) is 11.1 Å². The van der Waals surface area contributed by atoms with Crippen LogP contribution in [0.2, 0.25) is 0 Å². The molecular weight excluding hydrogens is 412 g/mol. The molecule has 2 aromatic rings. The summed E-state index contributed by atoms with van der Waals surface area (Å²) in [7, 11) is 0. The van der Waals surface area contributed by atoms with Gasteiger partial charge in [-0.3, -0.25) is 14.4 Å². The Balaban J connectivity index is 0.000000913. The Morgan fingerprint density at radius 1 is 1.16 bits per heavy atom. The number of likely N-dealkylation sites (tertiary alicyclic amines) is 1. The molecule has 2 aliphatic rings. The average molecular weight is 440 g/mol. The zero-order valence-electron chi connectivity index (χ0n) is 18.2. The molecule has 1 spiro atoms. The molecule has 8 nitrogen and oxygen atoms in total. The number of carboxylic acid groups (broad SMARTS) is 1. The van der Waals surface area contributed by atoms with E-state index in [1.165, 1.54) is 5.56 Å². The molecule has 0 radical (unpaired) electrons. The highest BCUT2D eigenvalue weighted by atomic mass is 16.7. The van der Waals surface area contributed by atoms with Gasteiger partial charge in [0.25, 0.3) is 12.4 Å². The molecule has 2 saturated heterocycles. The van der Waals surface area contributed by atoms with Crippen LogP contribution < -0.4 is 5.32 Å². The summed E-state index contributed by atoms with van der Waals surface area (Å²) in [5.74, 6) is -1.06. The molecule has 0 aromatic heterocycles. The first-order valence-electron chi connectivity index (χ1n) is 10.5. The van der Waals surface area contributed by atoms with E-state index in [0.717, 1.165) is 11.1 Å². The van der Waals surface area contributed by atoms with Crippen LogP contribution in [0.5, 0.6) is 0 Å². The maximum absolute atomic E-state index is 12.7. The number of rotatable bonds is 4. The van der Waals surface area contributed by atoms with E-state index >= 15 is 0 Å². The van der Waals surface area contributed by atoms with Gasteiger partial charge in [-0.25, -0.2) is 0 Å². The van der Waals surface area contributed by atoms with Gasteiger partial charge in [0.1, 0.15) is 0 Å². The average Bonchev–Trinajstić information content (AvgIpc) is 3.38. The number of hydrogen-bond acceptors (Lipinski definition) is 5. The van der Waals surface area contributed by atoms with Gasteiger partial charge in [-0.1, -0.05) is 42.0 Å². The third-order valence-electron chi connectivity index (χ3n) is 5.59. The van der Waals surface area contributed by atoms with Gasteiger partial charge in [-0.05, 0) is 37.1 Å². The summed E-state index contributed by atoms with van der Waals surface area (Å²) in [5, 5.41) is 9.64. The maximum Gasteiger partial charge on any atom is 0.290 e. The summed E-state index contributed by atoms with van der Waals surface area (Å²) < 4.78 is 11.4. The van der Waals surface area contributed by atoms with Crippen molar-refractivity contribution in [2.45, 2.75) is 32.1 Å². The molecule has 8 heteroatoms. The fourth-order valence-electron chi connectivity index (χ4n) is 4.03. The molecule has 4 rings (SSSR count). The Kier molecular flexibility index (Phi) is 7.61. The normalized spacial score (nSPS) is 18.7. The highest BCUT2D eigenvalue weighted by Crippen LogP contribution is 2.34. The lowest BCUT2D eigenvalue weighted by atomic mass is 10.0. The van der Waals surface area contributed by atoms with Crippen molar-refractivity contribution in [2.75, 3.05) is 26.3 Å². The number of benzene rings is 2. The van der Waals surface area contributed by atoms with E-state index in [0.29, 0.717) is 31.7 Å². The Bertz CT molecular complexity index is 953. The first kappa shape index (κ1) is 23.4. The molecule has 0 saturated carbocycles. The number of carbonyl (C=O) groups is 3. The third-order valence-corrected chi connectivity index (χ3v) is 5.59. The van der Waals surface area contributed by atoms with Crippen LogP contribution >= 0.6 is 0 Å². The monoisotopic (exact) mass is 440 g/mol. The zero-order valence-corrected chi connectivity index (χ0v) is 18.2. The molecule has 32 heavy (non-hydrogen) atoms. The highest BCUT2D eigenvalue weighted by molar-refractivity contribution is 5.97. The van der Waals surface area contributed by atoms with E-state index in [1.54, 1.807) is 11.0 Å². The van der Waals surface area contributed by atoms with Gasteiger partial charge in [-0.2, -0.15) is 0 Å². The third kappa shape index (κ3) is 5.52. The topological polar surface area (TPSA) is 105 Å². The second-order valence-corrected chi connectivity index (χ2v) is 7.92. The number of nitrogens with one attached hydrogen (secondary N) is 1. The van der Waals surface area contributed by atoms with Gasteiger partial charge in [0.15, 0.2) is 5.79 Å². The predicted octanol–water partition coefficient (Wildman–Crippen LogP) is 2.46. The van der Waals surface area contributed by atoms with E-state index in [2.05, 4.69) is 5.32 Å². The van der Waals surface area contributed by atoms with Gasteiger partial charge in [0.05, 0.1) is 26.3 Å². The van der Waals surface area contributed by atoms with Crippen LogP contribution in [0.15, 0.2) is 48.5 Å². The molecule has 2 heterocycles. The number of hydrogen-bond donors (Lipinski definition) is 2. The largest absolute Gasteiger partial charge is 0.483 e. The van der Waals surface area contributed by atoms with Crippen LogP contribution in [0.3, 0.4) is 0 Å². The standard InChI is InChI=1S/C23H26N2O4.CH2O2/c1-16-6-8-18(9-7-16)19-4-3-5-20(12-19)22(27)24-14-21(26)25-15-23(13-17(25)2)28-10-11-29-23;2-1-3/h3-9,12,17H,10-11,13-15H2,1-2H3,(H,24,27);1H,(H,2,3). The fraction of sp³-hybridized carbons (Fsp3) is 0.375. The number of carbonyl (C=O) groups excluding carboxylic acids is 2. The lowest BCUT2D eigenvalue weighted by molar-refractivity contribution is -0.152. The lowest BCUT2D eigenvalue weighted by Gasteiger charge is -2.23. The summed E-state index contributed by atoms with van der Waals surface area (Å²) in [6.45, 7) is 5.24. The molecule has 170 valence electrons.